The summed E-state index contributed by atoms with van der Waals surface area (Å²) in [6.07, 6.45) is -2.82. The highest BCUT2D eigenvalue weighted by atomic mass is 19.3. The molecule has 1 aromatic heterocycles. The number of rotatable bonds is 3. The number of alkyl halides is 2. The van der Waals surface area contributed by atoms with E-state index >= 15 is 0 Å². The minimum absolute atomic E-state index is 0.120. The quantitative estimate of drug-likeness (QED) is 0.797. The summed E-state index contributed by atoms with van der Waals surface area (Å²) in [4.78, 5) is 14.9. The number of nitrogen functional groups attached to an aromatic ring is 1. The first-order chi connectivity index (χ1) is 7.51. The zero-order valence-corrected chi connectivity index (χ0v) is 8.66. The van der Waals surface area contributed by atoms with Crippen molar-refractivity contribution in [3.8, 4) is 5.88 Å². The molecule has 0 unspecified atom stereocenters. The molecular weight excluding hydrogens is 222 g/mol. The largest absolute Gasteiger partial charge is 0.481 e. The van der Waals surface area contributed by atoms with Gasteiger partial charge in [-0.3, -0.25) is 0 Å². The van der Waals surface area contributed by atoms with Crippen molar-refractivity contribution in [1.29, 1.82) is 0 Å². The first-order valence-corrected chi connectivity index (χ1v) is 4.22. The summed E-state index contributed by atoms with van der Waals surface area (Å²) in [5.41, 5.74) is 4.10. The van der Waals surface area contributed by atoms with E-state index in [2.05, 4.69) is 14.5 Å². The molecule has 88 valence electrons. The first-order valence-electron chi connectivity index (χ1n) is 4.22. The molecule has 0 spiro atoms. The Morgan fingerprint density at radius 2 is 2.12 bits per heavy atom. The monoisotopic (exact) mass is 232 g/mol. The fraction of sp³-hybridized carbons (Fsp3) is 0.333. The summed E-state index contributed by atoms with van der Waals surface area (Å²) < 4.78 is 34.2. The second kappa shape index (κ2) is 4.73. The number of esters is 1. The number of halogens is 2. The fourth-order valence-corrected chi connectivity index (χ4v) is 1.09. The van der Waals surface area contributed by atoms with Gasteiger partial charge in [-0.1, -0.05) is 0 Å². The zero-order valence-electron chi connectivity index (χ0n) is 8.66. The van der Waals surface area contributed by atoms with Gasteiger partial charge in [0.2, 0.25) is 5.88 Å². The summed E-state index contributed by atoms with van der Waals surface area (Å²) in [7, 11) is 2.35. The van der Waals surface area contributed by atoms with Crippen molar-refractivity contribution in [2.24, 2.45) is 0 Å². The van der Waals surface area contributed by atoms with Crippen LogP contribution in [0.15, 0.2) is 6.07 Å². The summed E-state index contributed by atoms with van der Waals surface area (Å²) in [5.74, 6) is -1.01. The maximum Gasteiger partial charge on any atom is 0.358 e. The SMILES string of the molecule is COC(=O)c1nc(OC)cc(C(F)F)c1N. The molecule has 0 fully saturated rings. The van der Waals surface area contributed by atoms with Gasteiger partial charge in [0.1, 0.15) is 0 Å². The smallest absolute Gasteiger partial charge is 0.358 e. The lowest BCUT2D eigenvalue weighted by molar-refractivity contribution is 0.0594. The highest BCUT2D eigenvalue weighted by Gasteiger charge is 2.22. The predicted octanol–water partition coefficient (Wildman–Crippen LogP) is 1.40. The van der Waals surface area contributed by atoms with Crippen LogP contribution in [0, 0.1) is 0 Å². The highest BCUT2D eigenvalue weighted by molar-refractivity contribution is 5.93. The zero-order chi connectivity index (χ0) is 12.3. The Bertz CT molecular complexity index is 410. The van der Waals surface area contributed by atoms with Crippen molar-refractivity contribution >= 4 is 11.7 Å². The van der Waals surface area contributed by atoms with E-state index < -0.39 is 23.6 Å². The van der Waals surface area contributed by atoms with E-state index in [1.807, 2.05) is 0 Å². The molecule has 1 aromatic rings. The number of nitrogens with two attached hydrogens (primary N) is 1. The number of nitrogens with zero attached hydrogens (tertiary/aromatic N) is 1. The number of carbonyl (C=O) groups excluding carboxylic acids is 1. The average Bonchev–Trinajstić information content (AvgIpc) is 2.28. The van der Waals surface area contributed by atoms with Gasteiger partial charge in [0.25, 0.3) is 6.43 Å². The fourth-order valence-electron chi connectivity index (χ4n) is 1.09. The lowest BCUT2D eigenvalue weighted by Crippen LogP contribution is -2.11. The third-order valence-electron chi connectivity index (χ3n) is 1.89. The second-order valence-corrected chi connectivity index (χ2v) is 2.81. The van der Waals surface area contributed by atoms with E-state index in [1.165, 1.54) is 7.11 Å². The van der Waals surface area contributed by atoms with E-state index in [1.54, 1.807) is 0 Å². The molecule has 0 aliphatic heterocycles. The molecule has 2 N–H and O–H groups in total. The minimum Gasteiger partial charge on any atom is -0.481 e. The second-order valence-electron chi connectivity index (χ2n) is 2.81. The van der Waals surface area contributed by atoms with E-state index in [-0.39, 0.29) is 11.6 Å². The van der Waals surface area contributed by atoms with Crippen molar-refractivity contribution < 1.29 is 23.0 Å². The summed E-state index contributed by atoms with van der Waals surface area (Å²) in [6, 6.07) is 0.979. The Kier molecular flexibility index (Phi) is 3.60. The van der Waals surface area contributed by atoms with Crippen molar-refractivity contribution in [2.45, 2.75) is 6.43 Å². The number of hydrogen-bond donors (Lipinski definition) is 1. The maximum atomic E-state index is 12.6. The van der Waals surface area contributed by atoms with Gasteiger partial charge < -0.3 is 15.2 Å². The van der Waals surface area contributed by atoms with Crippen LogP contribution in [0.3, 0.4) is 0 Å². The predicted molar refractivity (Wildman–Crippen MR) is 51.5 cm³/mol. The van der Waals surface area contributed by atoms with Crippen molar-refractivity contribution in [1.82, 2.24) is 4.98 Å². The standard InChI is InChI=1S/C9H10F2N2O3/c1-15-5-3-4(8(10)11)6(12)7(13-5)9(14)16-2/h3,8H,12H2,1-2H3. The number of carbonyl (C=O) groups is 1. The molecule has 0 saturated heterocycles. The molecule has 1 rings (SSSR count). The van der Waals surface area contributed by atoms with Crippen LogP contribution in [0.4, 0.5) is 14.5 Å². The molecule has 1 heterocycles. The molecule has 0 radical (unpaired) electrons. The molecular formula is C9H10F2N2O3. The summed E-state index contributed by atoms with van der Waals surface area (Å²) in [6.45, 7) is 0. The summed E-state index contributed by atoms with van der Waals surface area (Å²) in [5, 5.41) is 0. The van der Waals surface area contributed by atoms with Crippen LogP contribution in [-0.2, 0) is 4.74 Å². The lowest BCUT2D eigenvalue weighted by atomic mass is 10.2. The van der Waals surface area contributed by atoms with E-state index in [0.717, 1.165) is 13.2 Å². The van der Waals surface area contributed by atoms with Crippen LogP contribution in [0.1, 0.15) is 22.5 Å². The first kappa shape index (κ1) is 12.2. The van der Waals surface area contributed by atoms with Gasteiger partial charge in [0.05, 0.1) is 19.9 Å². The number of hydrogen-bond acceptors (Lipinski definition) is 5. The normalized spacial score (nSPS) is 10.3. The molecule has 7 heteroatoms. The number of anilines is 1. The van der Waals surface area contributed by atoms with Crippen LogP contribution >= 0.6 is 0 Å². The summed E-state index contributed by atoms with van der Waals surface area (Å²) >= 11 is 0. The molecule has 0 aromatic carbocycles. The van der Waals surface area contributed by atoms with Gasteiger partial charge >= 0.3 is 5.97 Å². The van der Waals surface area contributed by atoms with E-state index in [9.17, 15) is 13.6 Å². The Balaban J connectivity index is 3.37. The van der Waals surface area contributed by atoms with Gasteiger partial charge in [-0.2, -0.15) is 0 Å². The molecule has 0 aliphatic carbocycles. The van der Waals surface area contributed by atoms with Crippen molar-refractivity contribution in [3.05, 3.63) is 17.3 Å². The van der Waals surface area contributed by atoms with Gasteiger partial charge in [0.15, 0.2) is 5.69 Å². The van der Waals surface area contributed by atoms with E-state index in [4.69, 9.17) is 5.73 Å². The Morgan fingerprint density at radius 3 is 2.56 bits per heavy atom. The molecule has 0 saturated carbocycles. The van der Waals surface area contributed by atoms with Gasteiger partial charge in [0, 0.05) is 11.6 Å². The molecule has 0 bridgehead atoms. The number of methoxy groups -OCH3 is 2. The van der Waals surface area contributed by atoms with Crippen LogP contribution in [-0.4, -0.2) is 25.2 Å². The van der Waals surface area contributed by atoms with Crippen LogP contribution in [0.5, 0.6) is 5.88 Å². The molecule has 16 heavy (non-hydrogen) atoms. The van der Waals surface area contributed by atoms with Gasteiger partial charge in [-0.05, 0) is 0 Å². The number of pyridine rings is 1. The van der Waals surface area contributed by atoms with Crippen LogP contribution in [0.2, 0.25) is 0 Å². The van der Waals surface area contributed by atoms with Crippen molar-refractivity contribution in [3.63, 3.8) is 0 Å². The number of ether oxygens (including phenoxy) is 2. The molecule has 0 amide bonds. The molecule has 0 atom stereocenters. The average molecular weight is 232 g/mol. The van der Waals surface area contributed by atoms with Gasteiger partial charge in [-0.15, -0.1) is 0 Å². The van der Waals surface area contributed by atoms with E-state index in [0.29, 0.717) is 0 Å². The Morgan fingerprint density at radius 1 is 1.50 bits per heavy atom. The minimum atomic E-state index is -2.82. The third kappa shape index (κ3) is 2.18. The Hall–Kier alpha value is -1.92. The van der Waals surface area contributed by atoms with Crippen LogP contribution < -0.4 is 10.5 Å². The molecule has 5 nitrogen and oxygen atoms in total. The number of aromatic nitrogens is 1. The third-order valence-corrected chi connectivity index (χ3v) is 1.89. The van der Waals surface area contributed by atoms with Crippen molar-refractivity contribution in [2.75, 3.05) is 20.0 Å². The molecule has 0 aliphatic rings. The topological polar surface area (TPSA) is 74.4 Å². The maximum absolute atomic E-state index is 12.6. The lowest BCUT2D eigenvalue weighted by Gasteiger charge is -2.10. The highest BCUT2D eigenvalue weighted by Crippen LogP contribution is 2.30. The van der Waals surface area contributed by atoms with Gasteiger partial charge in [-0.25, -0.2) is 18.6 Å². The Labute approximate surface area is 90.2 Å². The van der Waals surface area contributed by atoms with Crippen LogP contribution in [0.25, 0.3) is 0 Å².